The summed E-state index contributed by atoms with van der Waals surface area (Å²) in [5, 5.41) is 2.94. The van der Waals surface area contributed by atoms with E-state index in [-0.39, 0.29) is 5.91 Å². The summed E-state index contributed by atoms with van der Waals surface area (Å²) in [6.07, 6.45) is 2.45. The van der Waals surface area contributed by atoms with Crippen molar-refractivity contribution in [3.63, 3.8) is 0 Å². The van der Waals surface area contributed by atoms with Crippen molar-refractivity contribution in [3.8, 4) is 0 Å². The number of hydrogen-bond donors (Lipinski definition) is 1. The number of hydrogen-bond acceptors (Lipinski definition) is 4. The van der Waals surface area contributed by atoms with Crippen LogP contribution in [0, 0.1) is 6.92 Å². The largest absolute Gasteiger partial charge is 0.352 e. The van der Waals surface area contributed by atoms with Crippen molar-refractivity contribution in [1.29, 1.82) is 0 Å². The number of aryl methyl sites for hydroxylation is 1. The number of carbonyl (C=O) groups is 1. The van der Waals surface area contributed by atoms with Crippen LogP contribution in [-0.4, -0.2) is 22.4 Å². The van der Waals surface area contributed by atoms with Crippen molar-refractivity contribution in [2.45, 2.75) is 26.4 Å². The maximum absolute atomic E-state index is 12.5. The molecule has 1 N–H and O–H groups in total. The van der Waals surface area contributed by atoms with E-state index < -0.39 is 0 Å². The van der Waals surface area contributed by atoms with Gasteiger partial charge in [0.1, 0.15) is 17.8 Å². The lowest BCUT2D eigenvalue weighted by Gasteiger charge is -2.29. The number of fused-ring (bicyclic) bond motifs is 1. The maximum Gasteiger partial charge on any atom is 0.270 e. The molecule has 0 unspecified atom stereocenters. The molecular formula is C22H22N4O. The molecular weight excluding hydrogens is 336 g/mol. The number of amides is 1. The second kappa shape index (κ2) is 7.58. The molecule has 1 aliphatic rings. The molecule has 3 aromatic rings. The third kappa shape index (κ3) is 3.97. The summed E-state index contributed by atoms with van der Waals surface area (Å²) in [4.78, 5) is 23.3. The molecule has 5 heteroatoms. The Bertz CT molecular complexity index is 970. The van der Waals surface area contributed by atoms with E-state index in [4.69, 9.17) is 0 Å². The zero-order valence-corrected chi connectivity index (χ0v) is 15.4. The number of carbonyl (C=O) groups excluding carboxylic acids is 1. The third-order valence-electron chi connectivity index (χ3n) is 4.88. The minimum Gasteiger partial charge on any atom is -0.352 e. The summed E-state index contributed by atoms with van der Waals surface area (Å²) in [5.74, 6) is 0.609. The van der Waals surface area contributed by atoms with Gasteiger partial charge in [-0.05, 0) is 30.0 Å². The van der Waals surface area contributed by atoms with Crippen LogP contribution in [0.5, 0.6) is 0 Å². The molecule has 0 spiro atoms. The summed E-state index contributed by atoms with van der Waals surface area (Å²) < 4.78 is 0. The van der Waals surface area contributed by atoms with E-state index in [2.05, 4.69) is 50.5 Å². The number of aromatic nitrogens is 2. The van der Waals surface area contributed by atoms with Crippen LogP contribution in [0.3, 0.4) is 0 Å². The zero-order valence-electron chi connectivity index (χ0n) is 15.4. The first-order chi connectivity index (χ1) is 13.2. The Hall–Kier alpha value is -3.21. The first kappa shape index (κ1) is 17.2. The van der Waals surface area contributed by atoms with E-state index in [0.717, 1.165) is 30.9 Å². The normalized spacial score (nSPS) is 13.1. The second-order valence-electron chi connectivity index (χ2n) is 6.87. The lowest BCUT2D eigenvalue weighted by molar-refractivity contribution is 0.0945. The minimum absolute atomic E-state index is 0.183. The van der Waals surface area contributed by atoms with Gasteiger partial charge < -0.3 is 10.2 Å². The Labute approximate surface area is 159 Å². The number of rotatable bonds is 4. The highest BCUT2D eigenvalue weighted by atomic mass is 16.1. The van der Waals surface area contributed by atoms with E-state index in [1.165, 1.54) is 23.0 Å². The van der Waals surface area contributed by atoms with E-state index >= 15 is 0 Å². The maximum atomic E-state index is 12.5. The topological polar surface area (TPSA) is 58.1 Å². The molecule has 1 aliphatic heterocycles. The molecule has 0 aliphatic carbocycles. The lowest BCUT2D eigenvalue weighted by atomic mass is 10.00. The van der Waals surface area contributed by atoms with Gasteiger partial charge in [0.05, 0.1) is 0 Å². The molecule has 136 valence electrons. The molecule has 4 rings (SSSR count). The standard InChI is InChI=1S/C22H22N4O/c1-16-5-4-6-17(11-16)13-23-22(27)20-12-21(25-15-24-20)26-10-9-18-7-2-3-8-19(18)14-26/h2-8,11-12,15H,9-10,13-14H2,1H3,(H,23,27). The fourth-order valence-corrected chi connectivity index (χ4v) is 3.43. The SMILES string of the molecule is Cc1cccc(CNC(=O)c2cc(N3CCc4ccccc4C3)ncn2)c1. The predicted molar refractivity (Wildman–Crippen MR) is 106 cm³/mol. The lowest BCUT2D eigenvalue weighted by Crippen LogP contribution is -2.31. The van der Waals surface area contributed by atoms with Crippen LogP contribution in [0.15, 0.2) is 60.9 Å². The molecule has 0 saturated heterocycles. The molecule has 2 heterocycles. The molecule has 0 fully saturated rings. The Morgan fingerprint density at radius 2 is 1.93 bits per heavy atom. The Morgan fingerprint density at radius 3 is 2.78 bits per heavy atom. The average Bonchev–Trinajstić information content (AvgIpc) is 2.72. The monoisotopic (exact) mass is 358 g/mol. The smallest absolute Gasteiger partial charge is 0.270 e. The molecule has 0 saturated carbocycles. The highest BCUT2D eigenvalue weighted by molar-refractivity contribution is 5.92. The molecule has 27 heavy (non-hydrogen) atoms. The Kier molecular flexibility index (Phi) is 4.83. The molecule has 2 aromatic carbocycles. The van der Waals surface area contributed by atoms with Gasteiger partial charge in [-0.25, -0.2) is 9.97 Å². The van der Waals surface area contributed by atoms with Crippen LogP contribution >= 0.6 is 0 Å². The quantitative estimate of drug-likeness (QED) is 0.778. The van der Waals surface area contributed by atoms with Crippen LogP contribution in [0.1, 0.15) is 32.7 Å². The fraction of sp³-hybridized carbons (Fsp3) is 0.227. The number of benzene rings is 2. The van der Waals surface area contributed by atoms with Gasteiger partial charge in [0.2, 0.25) is 0 Å². The zero-order chi connectivity index (χ0) is 18.6. The van der Waals surface area contributed by atoms with E-state index in [1.54, 1.807) is 6.07 Å². The molecule has 0 radical (unpaired) electrons. The van der Waals surface area contributed by atoms with Gasteiger partial charge in [-0.3, -0.25) is 4.79 Å². The van der Waals surface area contributed by atoms with E-state index in [1.807, 2.05) is 25.1 Å². The first-order valence-corrected chi connectivity index (χ1v) is 9.16. The molecule has 1 amide bonds. The highest BCUT2D eigenvalue weighted by Gasteiger charge is 2.18. The van der Waals surface area contributed by atoms with Gasteiger partial charge in [-0.15, -0.1) is 0 Å². The van der Waals surface area contributed by atoms with Crippen LogP contribution in [0.2, 0.25) is 0 Å². The van der Waals surface area contributed by atoms with Crippen LogP contribution in [-0.2, 0) is 19.5 Å². The third-order valence-corrected chi connectivity index (χ3v) is 4.88. The van der Waals surface area contributed by atoms with Gasteiger partial charge >= 0.3 is 0 Å². The first-order valence-electron chi connectivity index (χ1n) is 9.16. The summed E-state index contributed by atoms with van der Waals surface area (Å²) in [6.45, 7) is 4.21. The van der Waals surface area contributed by atoms with Crippen molar-refractivity contribution < 1.29 is 4.79 Å². The highest BCUT2D eigenvalue weighted by Crippen LogP contribution is 2.23. The summed E-state index contributed by atoms with van der Waals surface area (Å²) in [7, 11) is 0. The Balaban J connectivity index is 1.45. The predicted octanol–water partition coefficient (Wildman–Crippen LogP) is 3.28. The van der Waals surface area contributed by atoms with Gasteiger partial charge in [0.15, 0.2) is 0 Å². The van der Waals surface area contributed by atoms with Crippen molar-refractivity contribution in [1.82, 2.24) is 15.3 Å². The van der Waals surface area contributed by atoms with E-state index in [9.17, 15) is 4.79 Å². The van der Waals surface area contributed by atoms with Gasteiger partial charge in [-0.1, -0.05) is 54.1 Å². The minimum atomic E-state index is -0.183. The average molecular weight is 358 g/mol. The van der Waals surface area contributed by atoms with Gasteiger partial charge in [-0.2, -0.15) is 0 Å². The van der Waals surface area contributed by atoms with Gasteiger partial charge in [0, 0.05) is 25.7 Å². The Morgan fingerprint density at radius 1 is 1.07 bits per heavy atom. The molecule has 0 atom stereocenters. The van der Waals surface area contributed by atoms with E-state index in [0.29, 0.717) is 12.2 Å². The van der Waals surface area contributed by atoms with Crippen LogP contribution in [0.25, 0.3) is 0 Å². The van der Waals surface area contributed by atoms with Gasteiger partial charge in [0.25, 0.3) is 5.91 Å². The number of nitrogens with one attached hydrogen (secondary N) is 1. The number of anilines is 1. The van der Waals surface area contributed by atoms with Crippen LogP contribution < -0.4 is 10.2 Å². The summed E-state index contributed by atoms with van der Waals surface area (Å²) >= 11 is 0. The molecule has 1 aromatic heterocycles. The van der Waals surface area contributed by atoms with Crippen molar-refractivity contribution in [3.05, 3.63) is 88.9 Å². The number of nitrogens with zero attached hydrogens (tertiary/aromatic N) is 3. The molecule has 5 nitrogen and oxygen atoms in total. The summed E-state index contributed by atoms with van der Waals surface area (Å²) in [5.41, 5.74) is 5.35. The summed E-state index contributed by atoms with van der Waals surface area (Å²) in [6, 6.07) is 18.4. The van der Waals surface area contributed by atoms with Crippen LogP contribution in [0.4, 0.5) is 5.82 Å². The van der Waals surface area contributed by atoms with Crippen molar-refractivity contribution in [2.75, 3.05) is 11.4 Å². The van der Waals surface area contributed by atoms with Crippen molar-refractivity contribution in [2.24, 2.45) is 0 Å². The second-order valence-corrected chi connectivity index (χ2v) is 6.87. The fourth-order valence-electron chi connectivity index (χ4n) is 3.43. The molecule has 0 bridgehead atoms. The van der Waals surface area contributed by atoms with Crippen molar-refractivity contribution >= 4 is 11.7 Å².